The quantitative estimate of drug-likeness (QED) is 0.821. The van der Waals surface area contributed by atoms with Crippen LogP contribution in [0.5, 0.6) is 0 Å². The predicted molar refractivity (Wildman–Crippen MR) is 63.7 cm³/mol. The molecule has 2 rings (SSSR count). The number of fused-ring (bicyclic) bond motifs is 1. The minimum Gasteiger partial charge on any atom is -0.462 e. The fourth-order valence-corrected chi connectivity index (χ4v) is 1.69. The third kappa shape index (κ3) is 1.99. The van der Waals surface area contributed by atoms with Crippen LogP contribution in [0.2, 0.25) is 0 Å². The summed E-state index contributed by atoms with van der Waals surface area (Å²) in [6, 6.07) is 2.03. The zero-order chi connectivity index (χ0) is 13.3. The van der Waals surface area contributed by atoms with Crippen molar-refractivity contribution in [2.24, 2.45) is 0 Å². The van der Waals surface area contributed by atoms with Gasteiger partial charge in [-0.3, -0.25) is 0 Å². The molecule has 0 fully saturated rings. The average molecular weight is 251 g/mol. The molecular weight excluding hydrogens is 240 g/mol. The molecule has 0 saturated carbocycles. The Balaban J connectivity index is 2.39. The molecule has 0 saturated heterocycles. The molecule has 0 radical (unpaired) electrons. The second kappa shape index (κ2) is 4.60. The minimum atomic E-state index is -0.984. The lowest BCUT2D eigenvalue weighted by Gasteiger charge is -2.19. The van der Waals surface area contributed by atoms with Crippen LogP contribution in [-0.2, 0) is 9.53 Å². The fraction of sp³-hybridized carbons (Fsp3) is 0.154. The number of carbonyl (C=O) groups is 1. The Morgan fingerprint density at radius 3 is 2.72 bits per heavy atom. The Hall–Kier alpha value is -2.17. The number of esters is 1. The van der Waals surface area contributed by atoms with Crippen molar-refractivity contribution in [2.75, 3.05) is 11.9 Å². The Bertz CT molecular complexity index is 564. The van der Waals surface area contributed by atoms with Crippen LogP contribution < -0.4 is 5.32 Å². The van der Waals surface area contributed by atoms with Crippen molar-refractivity contribution in [3.05, 3.63) is 47.7 Å². The molecule has 1 heterocycles. The van der Waals surface area contributed by atoms with Gasteiger partial charge in [0.15, 0.2) is 11.6 Å². The molecule has 1 aromatic carbocycles. The summed E-state index contributed by atoms with van der Waals surface area (Å²) in [7, 11) is 0. The van der Waals surface area contributed by atoms with E-state index in [9.17, 15) is 13.6 Å². The highest BCUT2D eigenvalue weighted by atomic mass is 19.2. The summed E-state index contributed by atoms with van der Waals surface area (Å²) < 4.78 is 31.1. The molecular formula is C13H11F2NO2. The maximum atomic E-state index is 13.2. The number of ether oxygens (including phenoxy) is 1. The number of hydrogen-bond donors (Lipinski definition) is 1. The molecule has 18 heavy (non-hydrogen) atoms. The first-order chi connectivity index (χ1) is 8.54. The summed E-state index contributed by atoms with van der Waals surface area (Å²) >= 11 is 0. The van der Waals surface area contributed by atoms with Crippen LogP contribution in [0, 0.1) is 11.6 Å². The molecule has 0 atom stereocenters. The molecule has 0 amide bonds. The topological polar surface area (TPSA) is 38.3 Å². The summed E-state index contributed by atoms with van der Waals surface area (Å²) in [5.41, 5.74) is 1.22. The van der Waals surface area contributed by atoms with E-state index in [-0.39, 0.29) is 12.2 Å². The zero-order valence-corrected chi connectivity index (χ0v) is 9.72. The highest BCUT2D eigenvalue weighted by molar-refractivity contribution is 6.09. The van der Waals surface area contributed by atoms with E-state index in [0.29, 0.717) is 16.8 Å². The van der Waals surface area contributed by atoms with Crippen LogP contribution in [0.4, 0.5) is 14.5 Å². The van der Waals surface area contributed by atoms with Gasteiger partial charge in [0.05, 0.1) is 12.2 Å². The third-order valence-corrected chi connectivity index (χ3v) is 2.58. The van der Waals surface area contributed by atoms with E-state index in [1.165, 1.54) is 6.20 Å². The summed E-state index contributed by atoms with van der Waals surface area (Å²) in [6.45, 7) is 5.62. The molecule has 1 aliphatic heterocycles. The monoisotopic (exact) mass is 251 g/mol. The molecule has 94 valence electrons. The van der Waals surface area contributed by atoms with E-state index in [1.807, 2.05) is 0 Å². The van der Waals surface area contributed by atoms with Gasteiger partial charge in [0.1, 0.15) is 0 Å². The largest absolute Gasteiger partial charge is 0.462 e. The van der Waals surface area contributed by atoms with E-state index >= 15 is 0 Å². The van der Waals surface area contributed by atoms with E-state index in [0.717, 1.165) is 12.1 Å². The molecule has 0 bridgehead atoms. The maximum Gasteiger partial charge on any atom is 0.340 e. The molecule has 1 aromatic rings. The smallest absolute Gasteiger partial charge is 0.340 e. The maximum absolute atomic E-state index is 13.2. The lowest BCUT2D eigenvalue weighted by atomic mass is 9.95. The Morgan fingerprint density at radius 1 is 1.39 bits per heavy atom. The summed E-state index contributed by atoms with van der Waals surface area (Å²) in [5, 5.41) is 2.72. The number of halogens is 2. The molecule has 0 spiro atoms. The van der Waals surface area contributed by atoms with E-state index in [1.54, 1.807) is 6.92 Å². The summed E-state index contributed by atoms with van der Waals surface area (Å²) in [6.07, 6.45) is 1.38. The first-order valence-corrected chi connectivity index (χ1v) is 5.37. The van der Waals surface area contributed by atoms with Gasteiger partial charge >= 0.3 is 5.97 Å². The second-order valence-electron chi connectivity index (χ2n) is 3.71. The van der Waals surface area contributed by atoms with Crippen LogP contribution in [-0.4, -0.2) is 12.6 Å². The number of hydrogen-bond acceptors (Lipinski definition) is 3. The molecule has 1 N–H and O–H groups in total. The molecule has 0 unspecified atom stereocenters. The zero-order valence-electron chi connectivity index (χ0n) is 9.72. The number of anilines is 1. The van der Waals surface area contributed by atoms with Crippen LogP contribution in [0.15, 0.2) is 30.5 Å². The Kier molecular flexibility index (Phi) is 3.14. The van der Waals surface area contributed by atoms with Crippen molar-refractivity contribution in [1.29, 1.82) is 0 Å². The van der Waals surface area contributed by atoms with Gasteiger partial charge in [-0.05, 0) is 18.6 Å². The highest BCUT2D eigenvalue weighted by Gasteiger charge is 2.23. The van der Waals surface area contributed by atoms with Crippen molar-refractivity contribution in [1.82, 2.24) is 0 Å². The van der Waals surface area contributed by atoms with Gasteiger partial charge < -0.3 is 10.1 Å². The first kappa shape index (κ1) is 12.3. The molecule has 0 aliphatic carbocycles. The van der Waals surface area contributed by atoms with Crippen molar-refractivity contribution in [2.45, 2.75) is 6.92 Å². The molecule has 1 aliphatic rings. The van der Waals surface area contributed by atoms with Crippen molar-refractivity contribution >= 4 is 17.2 Å². The molecule has 0 aromatic heterocycles. The van der Waals surface area contributed by atoms with E-state index in [4.69, 9.17) is 4.74 Å². The summed E-state index contributed by atoms with van der Waals surface area (Å²) in [5.74, 6) is -2.49. The number of nitrogens with one attached hydrogen (secondary N) is 1. The fourth-order valence-electron chi connectivity index (χ4n) is 1.69. The van der Waals surface area contributed by atoms with Crippen LogP contribution >= 0.6 is 0 Å². The van der Waals surface area contributed by atoms with Crippen molar-refractivity contribution in [3.8, 4) is 0 Å². The van der Waals surface area contributed by atoms with E-state index in [2.05, 4.69) is 11.9 Å². The number of benzene rings is 1. The predicted octanol–water partition coefficient (Wildman–Crippen LogP) is 2.85. The van der Waals surface area contributed by atoms with Crippen LogP contribution in [0.3, 0.4) is 0 Å². The van der Waals surface area contributed by atoms with Crippen molar-refractivity contribution < 1.29 is 18.3 Å². The molecule has 5 heteroatoms. The van der Waals surface area contributed by atoms with Gasteiger partial charge in [-0.15, -0.1) is 0 Å². The molecule has 3 nitrogen and oxygen atoms in total. The lowest BCUT2D eigenvalue weighted by Crippen LogP contribution is -2.15. The third-order valence-electron chi connectivity index (χ3n) is 2.58. The minimum absolute atomic E-state index is 0.204. The SMILES string of the molecule is C=C1C(C(=O)OCC)=CNc2cc(F)c(F)cc21. The van der Waals surface area contributed by atoms with Crippen LogP contribution in [0.25, 0.3) is 5.57 Å². The van der Waals surface area contributed by atoms with Gasteiger partial charge in [0.25, 0.3) is 0 Å². The standard InChI is InChI=1S/C13H11F2NO2/c1-3-18-13(17)9-6-16-12-5-11(15)10(14)4-8(12)7(9)2/h4-6,16H,2-3H2,1H3. The Morgan fingerprint density at radius 2 is 2.06 bits per heavy atom. The first-order valence-electron chi connectivity index (χ1n) is 5.37. The highest BCUT2D eigenvalue weighted by Crippen LogP contribution is 2.34. The van der Waals surface area contributed by atoms with Gasteiger partial charge in [0, 0.05) is 23.5 Å². The normalized spacial score (nSPS) is 13.5. The number of carbonyl (C=O) groups excluding carboxylic acids is 1. The van der Waals surface area contributed by atoms with Crippen LogP contribution in [0.1, 0.15) is 12.5 Å². The van der Waals surface area contributed by atoms with Gasteiger partial charge in [0.2, 0.25) is 0 Å². The average Bonchev–Trinajstić information content (AvgIpc) is 2.32. The van der Waals surface area contributed by atoms with Gasteiger partial charge in [-0.1, -0.05) is 6.58 Å². The second-order valence-corrected chi connectivity index (χ2v) is 3.71. The van der Waals surface area contributed by atoms with Crippen molar-refractivity contribution in [3.63, 3.8) is 0 Å². The number of rotatable bonds is 2. The summed E-state index contributed by atoms with van der Waals surface area (Å²) in [4.78, 5) is 11.6. The Labute approximate surface area is 103 Å². The van der Waals surface area contributed by atoms with E-state index < -0.39 is 17.6 Å². The lowest BCUT2D eigenvalue weighted by molar-refractivity contribution is -0.137. The van der Waals surface area contributed by atoms with Gasteiger partial charge in [-0.25, -0.2) is 13.6 Å². The van der Waals surface area contributed by atoms with Gasteiger partial charge in [-0.2, -0.15) is 0 Å².